The highest BCUT2D eigenvalue weighted by molar-refractivity contribution is 5.94. The van der Waals surface area contributed by atoms with E-state index < -0.39 is 5.82 Å². The van der Waals surface area contributed by atoms with E-state index in [4.69, 9.17) is 0 Å². The predicted octanol–water partition coefficient (Wildman–Crippen LogP) is 3.52. The molecule has 3 heteroatoms. The number of carbonyl (C=O) groups is 1. The van der Waals surface area contributed by atoms with E-state index in [0.717, 1.165) is 19.3 Å². The molecule has 0 unspecified atom stereocenters. The molecule has 0 aliphatic heterocycles. The summed E-state index contributed by atoms with van der Waals surface area (Å²) in [4.78, 5) is 12.0. The zero-order valence-electron chi connectivity index (χ0n) is 10.7. The van der Waals surface area contributed by atoms with Crippen LogP contribution in [-0.2, 0) is 0 Å². The van der Waals surface area contributed by atoms with Gasteiger partial charge in [-0.3, -0.25) is 4.79 Å². The molecule has 1 aromatic carbocycles. The van der Waals surface area contributed by atoms with Gasteiger partial charge in [-0.2, -0.15) is 0 Å². The smallest absolute Gasteiger partial charge is 0.254 e. The molecule has 94 valence electrons. The molecule has 1 aromatic rings. The highest BCUT2D eigenvalue weighted by atomic mass is 19.1. The maximum absolute atomic E-state index is 13.5. The lowest BCUT2D eigenvalue weighted by Crippen LogP contribution is -2.47. The quantitative estimate of drug-likeness (QED) is 0.834. The first-order valence-electron chi connectivity index (χ1n) is 6.15. The van der Waals surface area contributed by atoms with Gasteiger partial charge in [-0.25, -0.2) is 4.39 Å². The number of amides is 1. The molecule has 0 bridgehead atoms. The first-order valence-corrected chi connectivity index (χ1v) is 6.15. The van der Waals surface area contributed by atoms with Gasteiger partial charge in [0.2, 0.25) is 0 Å². The Morgan fingerprint density at radius 2 is 1.71 bits per heavy atom. The lowest BCUT2D eigenvalue weighted by Gasteiger charge is -2.31. The van der Waals surface area contributed by atoms with Crippen LogP contribution in [0.25, 0.3) is 0 Å². The summed E-state index contributed by atoms with van der Waals surface area (Å²) in [5.74, 6) is -0.796. The number of hydrogen-bond donors (Lipinski definition) is 1. The third-order valence-electron chi connectivity index (χ3n) is 3.53. The average molecular weight is 237 g/mol. The molecule has 0 spiro atoms. The van der Waals surface area contributed by atoms with Gasteiger partial charge >= 0.3 is 0 Å². The fourth-order valence-corrected chi connectivity index (χ4v) is 1.97. The van der Waals surface area contributed by atoms with Crippen LogP contribution in [0.15, 0.2) is 24.3 Å². The van der Waals surface area contributed by atoms with Crippen molar-refractivity contribution < 1.29 is 9.18 Å². The molecule has 2 nitrogen and oxygen atoms in total. The summed E-state index contributed by atoms with van der Waals surface area (Å²) in [5, 5.41) is 2.96. The van der Waals surface area contributed by atoms with Gasteiger partial charge in [0.05, 0.1) is 5.56 Å². The van der Waals surface area contributed by atoms with Crippen LogP contribution in [0.3, 0.4) is 0 Å². The largest absolute Gasteiger partial charge is 0.347 e. The minimum Gasteiger partial charge on any atom is -0.347 e. The van der Waals surface area contributed by atoms with Crippen molar-refractivity contribution in [1.29, 1.82) is 0 Å². The summed E-state index contributed by atoms with van der Waals surface area (Å²) in [6.45, 7) is 6.11. The Labute approximate surface area is 102 Å². The van der Waals surface area contributed by atoms with Crippen LogP contribution >= 0.6 is 0 Å². The van der Waals surface area contributed by atoms with Crippen molar-refractivity contribution in [2.45, 2.75) is 45.6 Å². The second kappa shape index (κ2) is 5.80. The van der Waals surface area contributed by atoms with E-state index in [9.17, 15) is 9.18 Å². The number of benzene rings is 1. The molecule has 0 atom stereocenters. The zero-order valence-corrected chi connectivity index (χ0v) is 10.7. The lowest BCUT2D eigenvalue weighted by molar-refractivity contribution is 0.0884. The standard InChI is InChI=1S/C14H20FNO/c1-4-14(5-2,6-3)16-13(17)11-9-7-8-10-12(11)15/h7-10H,4-6H2,1-3H3,(H,16,17). The highest BCUT2D eigenvalue weighted by Crippen LogP contribution is 2.20. The molecule has 0 fully saturated rings. The van der Waals surface area contributed by atoms with Gasteiger partial charge in [-0.15, -0.1) is 0 Å². The van der Waals surface area contributed by atoms with Crippen molar-refractivity contribution in [3.05, 3.63) is 35.6 Å². The van der Waals surface area contributed by atoms with E-state index >= 15 is 0 Å². The molecule has 17 heavy (non-hydrogen) atoms. The molecule has 0 aromatic heterocycles. The van der Waals surface area contributed by atoms with Crippen LogP contribution in [0, 0.1) is 5.82 Å². The molecule has 1 amide bonds. The van der Waals surface area contributed by atoms with E-state index in [2.05, 4.69) is 5.32 Å². The van der Waals surface area contributed by atoms with Crippen LogP contribution in [0.5, 0.6) is 0 Å². The number of carbonyl (C=O) groups excluding carboxylic acids is 1. The van der Waals surface area contributed by atoms with Crippen LogP contribution < -0.4 is 5.32 Å². The van der Waals surface area contributed by atoms with Crippen molar-refractivity contribution >= 4 is 5.91 Å². The third kappa shape index (κ3) is 3.05. The highest BCUT2D eigenvalue weighted by Gasteiger charge is 2.27. The predicted molar refractivity (Wildman–Crippen MR) is 67.5 cm³/mol. The first-order chi connectivity index (χ1) is 8.08. The second-order valence-corrected chi connectivity index (χ2v) is 4.27. The van der Waals surface area contributed by atoms with Gasteiger partial charge < -0.3 is 5.32 Å². The molecule has 0 aliphatic carbocycles. The SMILES string of the molecule is CCC(CC)(CC)NC(=O)c1ccccc1F. The Balaban J connectivity index is 2.89. The van der Waals surface area contributed by atoms with E-state index in [0.29, 0.717) is 0 Å². The summed E-state index contributed by atoms with van der Waals surface area (Å²) in [6, 6.07) is 6.07. The fraction of sp³-hybridized carbons (Fsp3) is 0.500. The van der Waals surface area contributed by atoms with Crippen molar-refractivity contribution in [2.75, 3.05) is 0 Å². The Hall–Kier alpha value is -1.38. The molecule has 0 radical (unpaired) electrons. The molecule has 0 heterocycles. The number of rotatable bonds is 5. The van der Waals surface area contributed by atoms with Crippen LogP contribution in [0.1, 0.15) is 50.4 Å². The van der Waals surface area contributed by atoms with Crippen molar-refractivity contribution in [3.8, 4) is 0 Å². The maximum Gasteiger partial charge on any atom is 0.254 e. The number of nitrogens with one attached hydrogen (secondary N) is 1. The summed E-state index contributed by atoms with van der Waals surface area (Å²) < 4.78 is 13.5. The van der Waals surface area contributed by atoms with E-state index in [-0.39, 0.29) is 17.0 Å². The summed E-state index contributed by atoms with van der Waals surface area (Å²) in [6.07, 6.45) is 2.54. The summed E-state index contributed by atoms with van der Waals surface area (Å²) >= 11 is 0. The Morgan fingerprint density at radius 3 is 2.18 bits per heavy atom. The summed E-state index contributed by atoms with van der Waals surface area (Å²) in [5.41, 5.74) is -0.105. The van der Waals surface area contributed by atoms with Gasteiger partial charge in [0, 0.05) is 5.54 Å². The summed E-state index contributed by atoms with van der Waals surface area (Å²) in [7, 11) is 0. The minimum atomic E-state index is -0.470. The van der Waals surface area contributed by atoms with Crippen LogP contribution in [0.2, 0.25) is 0 Å². The second-order valence-electron chi connectivity index (χ2n) is 4.27. The number of hydrogen-bond acceptors (Lipinski definition) is 1. The Kier molecular flexibility index (Phi) is 4.67. The fourth-order valence-electron chi connectivity index (χ4n) is 1.97. The van der Waals surface area contributed by atoms with E-state index in [1.165, 1.54) is 12.1 Å². The molecule has 0 saturated carbocycles. The average Bonchev–Trinajstić information content (AvgIpc) is 2.36. The van der Waals surface area contributed by atoms with Crippen molar-refractivity contribution in [2.24, 2.45) is 0 Å². The van der Waals surface area contributed by atoms with Crippen LogP contribution in [-0.4, -0.2) is 11.4 Å². The number of halogens is 1. The van der Waals surface area contributed by atoms with Gasteiger partial charge in [0.1, 0.15) is 5.82 Å². The van der Waals surface area contributed by atoms with Crippen molar-refractivity contribution in [3.63, 3.8) is 0 Å². The molecular weight excluding hydrogens is 217 g/mol. The third-order valence-corrected chi connectivity index (χ3v) is 3.53. The molecular formula is C14H20FNO. The Bertz CT molecular complexity index is 377. The first kappa shape index (κ1) is 13.7. The van der Waals surface area contributed by atoms with E-state index in [1.54, 1.807) is 12.1 Å². The topological polar surface area (TPSA) is 29.1 Å². The van der Waals surface area contributed by atoms with Gasteiger partial charge in [0.25, 0.3) is 5.91 Å². The monoisotopic (exact) mass is 237 g/mol. The Morgan fingerprint density at radius 1 is 1.18 bits per heavy atom. The van der Waals surface area contributed by atoms with E-state index in [1.807, 2.05) is 20.8 Å². The molecule has 1 N–H and O–H groups in total. The molecule has 0 saturated heterocycles. The van der Waals surface area contributed by atoms with Gasteiger partial charge in [-0.1, -0.05) is 32.9 Å². The maximum atomic E-state index is 13.5. The van der Waals surface area contributed by atoms with Gasteiger partial charge in [-0.05, 0) is 31.4 Å². The minimum absolute atomic E-state index is 0.118. The molecule has 1 rings (SSSR count). The normalized spacial score (nSPS) is 11.3. The zero-order chi connectivity index (χ0) is 12.9. The molecule has 0 aliphatic rings. The van der Waals surface area contributed by atoms with Crippen molar-refractivity contribution in [1.82, 2.24) is 5.32 Å². The van der Waals surface area contributed by atoms with Crippen LogP contribution in [0.4, 0.5) is 4.39 Å². The van der Waals surface area contributed by atoms with Gasteiger partial charge in [0.15, 0.2) is 0 Å². The lowest BCUT2D eigenvalue weighted by atomic mass is 9.89.